The lowest BCUT2D eigenvalue weighted by Crippen LogP contribution is -2.00. The number of aromatic nitrogens is 4. The summed E-state index contributed by atoms with van der Waals surface area (Å²) in [4.78, 5) is 15.1. The van der Waals surface area contributed by atoms with Gasteiger partial charge in [-0.15, -0.1) is 0 Å². The second kappa shape index (κ2) is 12.2. The predicted octanol–water partition coefficient (Wildman–Crippen LogP) is 14.1. The summed E-state index contributed by atoms with van der Waals surface area (Å²) in [6, 6.07) is 63.4. The number of hydrogen-bond acceptors (Lipinski definition) is 5. The zero-order valence-corrected chi connectivity index (χ0v) is 31.4. The Morgan fingerprint density at radius 3 is 1.73 bits per heavy atom. The van der Waals surface area contributed by atoms with Crippen LogP contribution in [0, 0.1) is 0 Å². The van der Waals surface area contributed by atoms with E-state index in [1.807, 2.05) is 60.7 Å². The Morgan fingerprint density at radius 2 is 0.898 bits per heavy atom. The third kappa shape index (κ3) is 4.84. The molecule has 0 saturated heterocycles. The van der Waals surface area contributed by atoms with Crippen molar-refractivity contribution in [2.45, 2.75) is 0 Å². The second-order valence-electron chi connectivity index (χ2n) is 15.2. The Labute approximate surface area is 336 Å². The lowest BCUT2D eigenvalue weighted by molar-refractivity contribution is 0.668. The highest BCUT2D eigenvalue weighted by Gasteiger charge is 2.20. The van der Waals surface area contributed by atoms with Gasteiger partial charge in [-0.2, -0.15) is 0 Å². The number of nitrogens with zero attached hydrogens (tertiary/aromatic N) is 4. The summed E-state index contributed by atoms with van der Waals surface area (Å²) in [5.41, 5.74) is 9.34. The molecule has 0 aliphatic carbocycles. The quantitative estimate of drug-likeness (QED) is 0.179. The molecule has 0 amide bonds. The highest BCUT2D eigenvalue weighted by molar-refractivity contribution is 6.26. The molecule has 4 aromatic heterocycles. The van der Waals surface area contributed by atoms with Crippen molar-refractivity contribution in [2.75, 3.05) is 0 Å². The molecule has 0 saturated carbocycles. The van der Waals surface area contributed by atoms with Crippen LogP contribution in [0.25, 0.3) is 127 Å². The van der Waals surface area contributed by atoms with Crippen molar-refractivity contribution >= 4 is 87.2 Å². The SMILES string of the molecule is c1ccc(-c2nc(-c3ccc4c(c3)oc3ccc(-n5c6ccc7ccccc7c6c6ccc7ccccc7c65)cc34)nc(-c3ccc4oc5ccccc5c4c3)n2)cc1. The molecule has 4 heterocycles. The van der Waals surface area contributed by atoms with Crippen molar-refractivity contribution in [3.05, 3.63) is 182 Å². The molecule has 13 rings (SSSR count). The van der Waals surface area contributed by atoms with Gasteiger partial charge in [-0.25, -0.2) is 15.0 Å². The Kier molecular flexibility index (Phi) is 6.63. The minimum Gasteiger partial charge on any atom is -0.456 e. The van der Waals surface area contributed by atoms with Crippen LogP contribution in [-0.4, -0.2) is 19.5 Å². The van der Waals surface area contributed by atoms with E-state index in [0.717, 1.165) is 66.3 Å². The molecule has 59 heavy (non-hydrogen) atoms. The monoisotopic (exact) mass is 754 g/mol. The maximum Gasteiger partial charge on any atom is 0.164 e. The molecule has 0 aliphatic heterocycles. The Balaban J connectivity index is 0.985. The molecule has 13 aromatic rings. The van der Waals surface area contributed by atoms with Crippen LogP contribution in [0.15, 0.2) is 191 Å². The minimum atomic E-state index is 0.568. The van der Waals surface area contributed by atoms with E-state index >= 15 is 0 Å². The van der Waals surface area contributed by atoms with Crippen molar-refractivity contribution in [1.82, 2.24) is 19.5 Å². The summed E-state index contributed by atoms with van der Waals surface area (Å²) in [5.74, 6) is 1.75. The summed E-state index contributed by atoms with van der Waals surface area (Å²) in [7, 11) is 0. The average Bonchev–Trinajstić information content (AvgIpc) is 3.98. The molecule has 0 aliphatic rings. The smallest absolute Gasteiger partial charge is 0.164 e. The fourth-order valence-corrected chi connectivity index (χ4v) is 9.07. The highest BCUT2D eigenvalue weighted by Crippen LogP contribution is 2.42. The number of hydrogen-bond donors (Lipinski definition) is 0. The van der Waals surface area contributed by atoms with E-state index in [4.69, 9.17) is 23.8 Å². The van der Waals surface area contributed by atoms with E-state index in [9.17, 15) is 0 Å². The van der Waals surface area contributed by atoms with Crippen molar-refractivity contribution in [1.29, 1.82) is 0 Å². The van der Waals surface area contributed by atoms with Gasteiger partial charge in [-0.3, -0.25) is 0 Å². The van der Waals surface area contributed by atoms with Crippen LogP contribution < -0.4 is 0 Å². The first-order chi connectivity index (χ1) is 29.2. The molecule has 0 radical (unpaired) electrons. The zero-order valence-electron chi connectivity index (χ0n) is 31.4. The van der Waals surface area contributed by atoms with Crippen molar-refractivity contribution in [2.24, 2.45) is 0 Å². The topological polar surface area (TPSA) is 69.9 Å². The van der Waals surface area contributed by atoms with E-state index in [1.165, 1.54) is 43.4 Å². The molecular formula is C53H30N4O2. The van der Waals surface area contributed by atoms with Crippen molar-refractivity contribution in [3.8, 4) is 39.9 Å². The second-order valence-corrected chi connectivity index (χ2v) is 15.2. The molecule has 0 unspecified atom stereocenters. The van der Waals surface area contributed by atoms with E-state index in [1.54, 1.807) is 0 Å². The molecule has 6 heteroatoms. The van der Waals surface area contributed by atoms with Gasteiger partial charge in [0.05, 0.1) is 11.0 Å². The predicted molar refractivity (Wildman–Crippen MR) is 240 cm³/mol. The van der Waals surface area contributed by atoms with Gasteiger partial charge in [0.25, 0.3) is 0 Å². The van der Waals surface area contributed by atoms with E-state index in [0.29, 0.717) is 17.5 Å². The fourth-order valence-electron chi connectivity index (χ4n) is 9.07. The zero-order chi connectivity index (χ0) is 38.6. The summed E-state index contributed by atoms with van der Waals surface area (Å²) in [6.07, 6.45) is 0. The van der Waals surface area contributed by atoms with Crippen LogP contribution in [0.4, 0.5) is 0 Å². The van der Waals surface area contributed by atoms with Crippen LogP contribution in [0.3, 0.4) is 0 Å². The third-order valence-electron chi connectivity index (χ3n) is 11.8. The van der Waals surface area contributed by atoms with Crippen LogP contribution in [0.5, 0.6) is 0 Å². The van der Waals surface area contributed by atoms with Gasteiger partial charge in [-0.1, -0.05) is 121 Å². The first-order valence-electron chi connectivity index (χ1n) is 19.8. The van der Waals surface area contributed by atoms with Gasteiger partial charge in [0, 0.05) is 60.1 Å². The van der Waals surface area contributed by atoms with Crippen molar-refractivity contribution in [3.63, 3.8) is 0 Å². The standard InChI is InChI=1S/C53H30N4O2/c1-2-12-33(13-3-1)51-54-52(34-21-26-46-42(28-34)39-16-8-9-17-45(39)58-46)56-53(55-51)35-19-23-40-43-30-36(22-27-47(43)59-48(40)29-35)57-44-25-20-31-10-4-6-14-37(31)49(44)41-24-18-32-11-5-7-15-38(32)50(41)57/h1-30H. The van der Waals surface area contributed by atoms with Gasteiger partial charge < -0.3 is 13.4 Å². The maximum atomic E-state index is 6.61. The van der Waals surface area contributed by atoms with Crippen molar-refractivity contribution < 1.29 is 8.83 Å². The normalized spacial score (nSPS) is 12.1. The Morgan fingerprint density at radius 1 is 0.339 bits per heavy atom. The van der Waals surface area contributed by atoms with E-state index < -0.39 is 0 Å². The highest BCUT2D eigenvalue weighted by atomic mass is 16.3. The molecule has 0 fully saturated rings. The number of benzene rings is 9. The van der Waals surface area contributed by atoms with Crippen LogP contribution >= 0.6 is 0 Å². The summed E-state index contributed by atoms with van der Waals surface area (Å²) in [6.45, 7) is 0. The molecule has 0 spiro atoms. The van der Waals surface area contributed by atoms with Crippen LogP contribution in [0.1, 0.15) is 0 Å². The summed E-state index contributed by atoms with van der Waals surface area (Å²) >= 11 is 0. The van der Waals surface area contributed by atoms with Gasteiger partial charge in [0.1, 0.15) is 22.3 Å². The lowest BCUT2D eigenvalue weighted by atomic mass is 10.0. The Bertz CT molecular complexity index is 3860. The lowest BCUT2D eigenvalue weighted by Gasteiger charge is -2.10. The molecule has 274 valence electrons. The van der Waals surface area contributed by atoms with Gasteiger partial charge in [0.15, 0.2) is 17.5 Å². The number of furan rings is 2. The van der Waals surface area contributed by atoms with Gasteiger partial charge in [0.2, 0.25) is 0 Å². The largest absolute Gasteiger partial charge is 0.456 e. The minimum absolute atomic E-state index is 0.568. The molecule has 0 atom stereocenters. The number of para-hydroxylation sites is 1. The first kappa shape index (κ1) is 32.0. The molecule has 9 aromatic carbocycles. The van der Waals surface area contributed by atoms with Gasteiger partial charge >= 0.3 is 0 Å². The fraction of sp³-hybridized carbons (Fsp3) is 0. The number of fused-ring (bicyclic) bond motifs is 13. The molecule has 0 N–H and O–H groups in total. The Hall–Kier alpha value is -8.09. The summed E-state index contributed by atoms with van der Waals surface area (Å²) < 4.78 is 15.2. The van der Waals surface area contributed by atoms with Gasteiger partial charge in [-0.05, 0) is 76.8 Å². The van der Waals surface area contributed by atoms with E-state index in [2.05, 4.69) is 126 Å². The molecule has 0 bridgehead atoms. The first-order valence-corrected chi connectivity index (χ1v) is 19.8. The number of rotatable bonds is 4. The van der Waals surface area contributed by atoms with Crippen LogP contribution in [0.2, 0.25) is 0 Å². The average molecular weight is 755 g/mol. The summed E-state index contributed by atoms with van der Waals surface area (Å²) in [5, 5.41) is 11.6. The van der Waals surface area contributed by atoms with E-state index in [-0.39, 0.29) is 0 Å². The van der Waals surface area contributed by atoms with Crippen LogP contribution in [-0.2, 0) is 0 Å². The molecule has 6 nitrogen and oxygen atoms in total. The third-order valence-corrected chi connectivity index (χ3v) is 11.8. The maximum absolute atomic E-state index is 6.61. The molecular weight excluding hydrogens is 725 g/mol.